The van der Waals surface area contributed by atoms with Crippen molar-refractivity contribution in [3.8, 4) is 5.75 Å². The Morgan fingerprint density at radius 3 is 2.76 bits per heavy atom. The van der Waals surface area contributed by atoms with Gasteiger partial charge in [0.25, 0.3) is 0 Å². The zero-order chi connectivity index (χ0) is 22.9. The largest absolute Gasteiger partial charge is 0.497 e. The molecule has 2 bridgehead atoms. The SMILES string of the molecule is C=C[C@H]1C[NH+]2CC[C@@H]1C[C@H]2[C@H](OC(=O)c1ccc(Cl)cc1)c1ccnc2ccc(OC)cc12. The third kappa shape index (κ3) is 4.23. The third-order valence-corrected chi connectivity index (χ3v) is 7.54. The van der Waals surface area contributed by atoms with E-state index in [1.165, 1.54) is 11.3 Å². The molecular formula is C27H28ClN2O3+. The van der Waals surface area contributed by atoms with E-state index in [1.54, 1.807) is 37.6 Å². The molecule has 0 amide bonds. The highest BCUT2D eigenvalue weighted by molar-refractivity contribution is 6.30. The fourth-order valence-corrected chi connectivity index (χ4v) is 5.67. The van der Waals surface area contributed by atoms with Crippen LogP contribution in [0.1, 0.15) is 34.9 Å². The third-order valence-electron chi connectivity index (χ3n) is 7.29. The molecule has 5 nitrogen and oxygen atoms in total. The molecule has 0 radical (unpaired) electrons. The van der Waals surface area contributed by atoms with Crippen LogP contribution in [0.2, 0.25) is 5.02 Å². The fraction of sp³-hybridized carbons (Fsp3) is 0.333. The van der Waals surface area contributed by atoms with Gasteiger partial charge in [0.1, 0.15) is 11.8 Å². The Bertz CT molecular complexity index is 1180. The summed E-state index contributed by atoms with van der Waals surface area (Å²) in [5, 5.41) is 1.54. The number of pyridine rings is 1. The van der Waals surface area contributed by atoms with Crippen LogP contribution < -0.4 is 9.64 Å². The van der Waals surface area contributed by atoms with Gasteiger partial charge in [-0.25, -0.2) is 4.79 Å². The normalized spacial score (nSPS) is 24.9. The van der Waals surface area contributed by atoms with E-state index in [2.05, 4.69) is 17.6 Å². The lowest BCUT2D eigenvalue weighted by atomic mass is 9.73. The second-order valence-electron chi connectivity index (χ2n) is 9.02. The summed E-state index contributed by atoms with van der Waals surface area (Å²) in [6.45, 7) is 6.17. The molecule has 0 saturated carbocycles. The number of esters is 1. The quantitative estimate of drug-likeness (QED) is 0.438. The van der Waals surface area contributed by atoms with Crippen molar-refractivity contribution in [1.29, 1.82) is 0 Å². The molecule has 1 unspecified atom stereocenters. The fourth-order valence-electron chi connectivity index (χ4n) is 5.55. The summed E-state index contributed by atoms with van der Waals surface area (Å²) in [6.07, 6.45) is 5.69. The molecule has 3 aliphatic heterocycles. The van der Waals surface area contributed by atoms with E-state index in [1.807, 2.05) is 24.3 Å². The molecule has 3 aromatic rings. The maximum absolute atomic E-state index is 13.2. The van der Waals surface area contributed by atoms with Gasteiger partial charge in [0, 0.05) is 40.9 Å². The Labute approximate surface area is 199 Å². The zero-order valence-electron chi connectivity index (χ0n) is 18.7. The van der Waals surface area contributed by atoms with Gasteiger partial charge in [-0.2, -0.15) is 0 Å². The minimum Gasteiger partial charge on any atom is -0.497 e. The van der Waals surface area contributed by atoms with Crippen LogP contribution in [0.4, 0.5) is 0 Å². The maximum atomic E-state index is 13.2. The van der Waals surface area contributed by atoms with E-state index in [-0.39, 0.29) is 12.0 Å². The predicted octanol–water partition coefficient (Wildman–Crippen LogP) is 4.27. The summed E-state index contributed by atoms with van der Waals surface area (Å²) < 4.78 is 11.8. The predicted molar refractivity (Wildman–Crippen MR) is 129 cm³/mol. The van der Waals surface area contributed by atoms with Gasteiger partial charge in [0.05, 0.1) is 31.3 Å². The van der Waals surface area contributed by atoms with E-state index in [0.29, 0.717) is 22.4 Å². The molecule has 1 N–H and O–H groups in total. The number of nitrogens with zero attached hydrogens (tertiary/aromatic N) is 1. The van der Waals surface area contributed by atoms with Crippen molar-refractivity contribution >= 4 is 28.5 Å². The highest BCUT2D eigenvalue weighted by Crippen LogP contribution is 2.37. The Hall–Kier alpha value is -2.89. The Morgan fingerprint density at radius 1 is 1.24 bits per heavy atom. The first-order valence-electron chi connectivity index (χ1n) is 11.4. The summed E-state index contributed by atoms with van der Waals surface area (Å²) in [7, 11) is 1.65. The average molecular weight is 464 g/mol. The number of piperidine rings is 3. The van der Waals surface area contributed by atoms with Gasteiger partial charge < -0.3 is 14.4 Å². The number of halogens is 1. The number of rotatable bonds is 6. The maximum Gasteiger partial charge on any atom is 0.338 e. The van der Waals surface area contributed by atoms with E-state index in [4.69, 9.17) is 21.1 Å². The minimum absolute atomic E-state index is 0.174. The van der Waals surface area contributed by atoms with Gasteiger partial charge in [-0.1, -0.05) is 17.7 Å². The summed E-state index contributed by atoms with van der Waals surface area (Å²) in [4.78, 5) is 19.2. The molecule has 0 spiro atoms. The van der Waals surface area contributed by atoms with Crippen molar-refractivity contribution in [3.05, 3.63) is 83.5 Å². The van der Waals surface area contributed by atoms with E-state index >= 15 is 0 Å². The average Bonchev–Trinajstić information content (AvgIpc) is 2.87. The monoisotopic (exact) mass is 463 g/mol. The standard InChI is InChI=1S/C27H27ClN2O3/c1-3-17-16-30-13-11-19(17)14-25(30)26(33-27(31)18-4-6-20(28)7-5-18)22-10-12-29-24-9-8-21(32-2)15-23(22)24/h3-10,12,15,17,19,25-26H,1,11,13-14,16H2,2H3/p+1/t17-,19+,25-,26+/m0/s1. The summed E-state index contributed by atoms with van der Waals surface area (Å²) >= 11 is 6.02. The van der Waals surface area contributed by atoms with E-state index < -0.39 is 6.10 Å². The van der Waals surface area contributed by atoms with Crippen molar-refractivity contribution in [2.75, 3.05) is 20.2 Å². The smallest absolute Gasteiger partial charge is 0.338 e. The molecule has 1 aromatic heterocycles. The summed E-state index contributed by atoms with van der Waals surface area (Å²) in [5.74, 6) is 1.51. The molecule has 3 saturated heterocycles. The van der Waals surface area contributed by atoms with Crippen LogP contribution in [0.25, 0.3) is 10.9 Å². The lowest BCUT2D eigenvalue weighted by molar-refractivity contribution is -0.949. The number of hydrogen-bond donors (Lipinski definition) is 1. The number of benzene rings is 2. The Morgan fingerprint density at radius 2 is 2.06 bits per heavy atom. The van der Waals surface area contributed by atoms with Crippen LogP contribution >= 0.6 is 11.6 Å². The van der Waals surface area contributed by atoms with Crippen molar-refractivity contribution in [1.82, 2.24) is 4.98 Å². The number of ether oxygens (including phenoxy) is 2. The van der Waals surface area contributed by atoms with Gasteiger partial charge in [0.15, 0.2) is 6.10 Å². The Balaban J connectivity index is 1.56. The van der Waals surface area contributed by atoms with Crippen LogP contribution in [0.3, 0.4) is 0 Å². The summed E-state index contributed by atoms with van der Waals surface area (Å²) in [6, 6.07) is 14.8. The molecule has 3 aliphatic rings. The number of carbonyl (C=O) groups is 1. The number of hydrogen-bond acceptors (Lipinski definition) is 4. The molecular weight excluding hydrogens is 436 g/mol. The number of carbonyl (C=O) groups excluding carboxylic acids is 1. The number of methoxy groups -OCH3 is 1. The first-order chi connectivity index (χ1) is 16.1. The topological polar surface area (TPSA) is 52.9 Å². The second kappa shape index (κ2) is 9.16. The highest BCUT2D eigenvalue weighted by Gasteiger charge is 2.47. The summed E-state index contributed by atoms with van der Waals surface area (Å²) in [5.41, 5.74) is 2.33. The molecule has 6 rings (SSSR count). The van der Waals surface area contributed by atoms with Crippen molar-refractivity contribution in [2.24, 2.45) is 11.8 Å². The van der Waals surface area contributed by atoms with Crippen LogP contribution in [0, 0.1) is 11.8 Å². The number of fused-ring (bicyclic) bond motifs is 4. The second-order valence-corrected chi connectivity index (χ2v) is 9.46. The number of aromatic nitrogens is 1. The lowest BCUT2D eigenvalue weighted by Gasteiger charge is -2.48. The van der Waals surface area contributed by atoms with Gasteiger partial charge in [-0.15, -0.1) is 6.58 Å². The molecule has 5 atom stereocenters. The van der Waals surface area contributed by atoms with Crippen LogP contribution in [-0.4, -0.2) is 37.2 Å². The van der Waals surface area contributed by atoms with Gasteiger partial charge >= 0.3 is 5.97 Å². The lowest BCUT2D eigenvalue weighted by Crippen LogP contribution is -3.20. The van der Waals surface area contributed by atoms with Crippen molar-refractivity contribution in [2.45, 2.75) is 25.0 Å². The van der Waals surface area contributed by atoms with E-state index in [9.17, 15) is 4.79 Å². The minimum atomic E-state index is -0.394. The molecule has 2 aromatic carbocycles. The van der Waals surface area contributed by atoms with Gasteiger partial charge in [-0.3, -0.25) is 4.98 Å². The van der Waals surface area contributed by atoms with Gasteiger partial charge in [-0.05, 0) is 54.4 Å². The molecule has 4 heterocycles. The van der Waals surface area contributed by atoms with Crippen molar-refractivity contribution < 1.29 is 19.2 Å². The van der Waals surface area contributed by atoms with Crippen LogP contribution in [-0.2, 0) is 4.74 Å². The number of quaternary nitrogens is 1. The first kappa shape index (κ1) is 21.9. The van der Waals surface area contributed by atoms with Crippen LogP contribution in [0.15, 0.2) is 67.4 Å². The molecule has 33 heavy (non-hydrogen) atoms. The molecule has 3 fully saturated rings. The molecule has 6 heteroatoms. The zero-order valence-corrected chi connectivity index (χ0v) is 19.4. The van der Waals surface area contributed by atoms with Gasteiger partial charge in [0.2, 0.25) is 0 Å². The Kier molecular flexibility index (Phi) is 6.09. The highest BCUT2D eigenvalue weighted by atomic mass is 35.5. The molecule has 0 aliphatic carbocycles. The first-order valence-corrected chi connectivity index (χ1v) is 11.8. The van der Waals surface area contributed by atoms with Crippen molar-refractivity contribution in [3.63, 3.8) is 0 Å². The number of nitrogens with one attached hydrogen (secondary N) is 1. The van der Waals surface area contributed by atoms with E-state index in [0.717, 1.165) is 41.7 Å². The van der Waals surface area contributed by atoms with Crippen LogP contribution in [0.5, 0.6) is 5.75 Å². The molecule has 170 valence electrons.